The third-order valence-electron chi connectivity index (χ3n) is 3.22. The van der Waals surface area contributed by atoms with E-state index in [1.807, 2.05) is 19.9 Å². The SMILES string of the molecule is CCN(CC)S(=O)(=O)CCNC(=NC)NCCc1cccs1.I. The van der Waals surface area contributed by atoms with Crippen LogP contribution in [0.1, 0.15) is 18.7 Å². The number of nitrogens with one attached hydrogen (secondary N) is 2. The minimum absolute atomic E-state index is 0. The van der Waals surface area contributed by atoms with E-state index in [4.69, 9.17) is 0 Å². The lowest BCUT2D eigenvalue weighted by Gasteiger charge is -2.19. The van der Waals surface area contributed by atoms with Gasteiger partial charge < -0.3 is 10.6 Å². The Balaban J connectivity index is 0.00000484. The molecule has 9 heteroatoms. The first kappa shape index (κ1) is 22.6. The predicted octanol–water partition coefficient (Wildman–Crippen LogP) is 1.75. The zero-order chi connectivity index (χ0) is 16.4. The molecule has 0 aliphatic heterocycles. The van der Waals surface area contributed by atoms with Gasteiger partial charge in [0.15, 0.2) is 5.96 Å². The maximum absolute atomic E-state index is 12.1. The second kappa shape index (κ2) is 12.0. The molecule has 0 bridgehead atoms. The van der Waals surface area contributed by atoms with Crippen molar-refractivity contribution in [3.8, 4) is 0 Å². The van der Waals surface area contributed by atoms with Crippen LogP contribution in [-0.2, 0) is 16.4 Å². The van der Waals surface area contributed by atoms with Gasteiger partial charge in [0.25, 0.3) is 0 Å². The Kier molecular flexibility index (Phi) is 11.8. The molecule has 0 saturated carbocycles. The summed E-state index contributed by atoms with van der Waals surface area (Å²) in [6.07, 6.45) is 0.927. The lowest BCUT2D eigenvalue weighted by Crippen LogP contribution is -2.42. The first-order valence-corrected chi connectivity index (χ1v) is 9.97. The van der Waals surface area contributed by atoms with Gasteiger partial charge in [-0.25, -0.2) is 12.7 Å². The van der Waals surface area contributed by atoms with E-state index in [0.717, 1.165) is 13.0 Å². The average molecular weight is 474 g/mol. The molecule has 0 aliphatic rings. The Labute approximate surface area is 160 Å². The highest BCUT2D eigenvalue weighted by Gasteiger charge is 2.18. The minimum atomic E-state index is -3.19. The van der Waals surface area contributed by atoms with Crippen molar-refractivity contribution in [2.24, 2.45) is 4.99 Å². The molecule has 0 aromatic carbocycles. The van der Waals surface area contributed by atoms with Crippen LogP contribution < -0.4 is 10.6 Å². The van der Waals surface area contributed by atoms with Crippen molar-refractivity contribution in [1.29, 1.82) is 0 Å². The quantitative estimate of drug-likeness (QED) is 0.325. The van der Waals surface area contributed by atoms with Crippen molar-refractivity contribution >= 4 is 51.3 Å². The van der Waals surface area contributed by atoms with E-state index in [-0.39, 0.29) is 29.7 Å². The number of nitrogens with zero attached hydrogens (tertiary/aromatic N) is 2. The molecule has 0 amide bonds. The van der Waals surface area contributed by atoms with Crippen molar-refractivity contribution in [2.75, 3.05) is 39.0 Å². The molecule has 134 valence electrons. The Morgan fingerprint density at radius 2 is 1.91 bits per heavy atom. The summed E-state index contributed by atoms with van der Waals surface area (Å²) in [5.74, 6) is 0.701. The number of thiophene rings is 1. The highest BCUT2D eigenvalue weighted by atomic mass is 127. The zero-order valence-corrected chi connectivity index (χ0v) is 17.9. The molecule has 1 rings (SSSR count). The van der Waals surface area contributed by atoms with Gasteiger partial charge >= 0.3 is 0 Å². The van der Waals surface area contributed by atoms with Crippen molar-refractivity contribution in [2.45, 2.75) is 20.3 Å². The molecule has 1 aromatic heterocycles. The Morgan fingerprint density at radius 1 is 1.26 bits per heavy atom. The summed E-state index contributed by atoms with van der Waals surface area (Å²) in [6.45, 7) is 5.82. The summed E-state index contributed by atoms with van der Waals surface area (Å²) in [5, 5.41) is 8.29. The third kappa shape index (κ3) is 8.32. The monoisotopic (exact) mass is 474 g/mol. The van der Waals surface area contributed by atoms with Gasteiger partial charge in [0, 0.05) is 38.1 Å². The van der Waals surface area contributed by atoms with Crippen LogP contribution in [0.3, 0.4) is 0 Å². The number of guanidine groups is 1. The molecule has 0 aliphatic carbocycles. The van der Waals surface area contributed by atoms with E-state index in [1.165, 1.54) is 9.18 Å². The van der Waals surface area contributed by atoms with E-state index in [2.05, 4.69) is 27.1 Å². The lowest BCUT2D eigenvalue weighted by molar-refractivity contribution is 0.445. The van der Waals surface area contributed by atoms with E-state index in [9.17, 15) is 8.42 Å². The van der Waals surface area contributed by atoms with E-state index < -0.39 is 10.0 Å². The van der Waals surface area contributed by atoms with Crippen LogP contribution in [-0.4, -0.2) is 57.7 Å². The van der Waals surface area contributed by atoms with Crippen LogP contribution in [0.2, 0.25) is 0 Å². The van der Waals surface area contributed by atoms with Gasteiger partial charge in [-0.2, -0.15) is 0 Å². The molecular weight excluding hydrogens is 447 g/mol. The van der Waals surface area contributed by atoms with Crippen molar-refractivity contribution in [1.82, 2.24) is 14.9 Å². The summed E-state index contributed by atoms with van der Waals surface area (Å²) < 4.78 is 25.6. The Morgan fingerprint density at radius 3 is 2.43 bits per heavy atom. The molecule has 0 radical (unpaired) electrons. The largest absolute Gasteiger partial charge is 0.356 e. The van der Waals surface area contributed by atoms with Gasteiger partial charge in [-0.1, -0.05) is 19.9 Å². The van der Waals surface area contributed by atoms with Crippen molar-refractivity contribution < 1.29 is 8.42 Å². The average Bonchev–Trinajstić information content (AvgIpc) is 2.99. The molecule has 0 atom stereocenters. The summed E-state index contributed by atoms with van der Waals surface area (Å²) in [7, 11) is -1.51. The molecule has 1 heterocycles. The molecule has 1 aromatic rings. The predicted molar refractivity (Wildman–Crippen MR) is 110 cm³/mol. The second-order valence-corrected chi connectivity index (χ2v) is 7.78. The lowest BCUT2D eigenvalue weighted by atomic mass is 10.3. The zero-order valence-electron chi connectivity index (χ0n) is 13.9. The van der Waals surface area contributed by atoms with Crippen LogP contribution in [0.15, 0.2) is 22.5 Å². The standard InChI is InChI=1S/C14H26N4O2S2.HI/c1-4-18(5-2)22(19,20)12-10-17-14(15-3)16-9-8-13-7-6-11-21-13;/h6-7,11H,4-5,8-10,12H2,1-3H3,(H2,15,16,17);1H. The second-order valence-electron chi connectivity index (χ2n) is 4.66. The van der Waals surface area contributed by atoms with Crippen LogP contribution in [0.25, 0.3) is 0 Å². The maximum atomic E-state index is 12.1. The van der Waals surface area contributed by atoms with Gasteiger partial charge in [0.1, 0.15) is 0 Å². The molecule has 2 N–H and O–H groups in total. The van der Waals surface area contributed by atoms with Gasteiger partial charge in [-0.15, -0.1) is 35.3 Å². The van der Waals surface area contributed by atoms with Gasteiger partial charge in [-0.3, -0.25) is 4.99 Å². The van der Waals surface area contributed by atoms with Crippen LogP contribution in [0.4, 0.5) is 0 Å². The highest BCUT2D eigenvalue weighted by Crippen LogP contribution is 2.07. The Hall–Kier alpha value is -0.390. The topological polar surface area (TPSA) is 73.8 Å². The molecule has 0 saturated heterocycles. The number of hydrogen-bond acceptors (Lipinski definition) is 4. The minimum Gasteiger partial charge on any atom is -0.356 e. The summed E-state index contributed by atoms with van der Waals surface area (Å²) in [4.78, 5) is 5.41. The van der Waals surface area contributed by atoms with Crippen molar-refractivity contribution in [3.63, 3.8) is 0 Å². The maximum Gasteiger partial charge on any atom is 0.215 e. The molecule has 0 fully saturated rings. The van der Waals surface area contributed by atoms with Crippen molar-refractivity contribution in [3.05, 3.63) is 22.4 Å². The molecular formula is C14H27IN4O2S2. The van der Waals surface area contributed by atoms with Crippen LogP contribution in [0, 0.1) is 0 Å². The number of halogens is 1. The number of aliphatic imine (C=N–C) groups is 1. The fourth-order valence-electron chi connectivity index (χ4n) is 2.02. The molecule has 23 heavy (non-hydrogen) atoms. The highest BCUT2D eigenvalue weighted by molar-refractivity contribution is 14.0. The fraction of sp³-hybridized carbons (Fsp3) is 0.643. The fourth-order valence-corrected chi connectivity index (χ4v) is 4.14. The molecule has 0 spiro atoms. The smallest absolute Gasteiger partial charge is 0.215 e. The van der Waals surface area contributed by atoms with Gasteiger partial charge in [-0.05, 0) is 17.9 Å². The normalized spacial score (nSPS) is 12.1. The van der Waals surface area contributed by atoms with Crippen LogP contribution in [0.5, 0.6) is 0 Å². The number of hydrogen-bond donors (Lipinski definition) is 2. The van der Waals surface area contributed by atoms with Gasteiger partial charge in [0.05, 0.1) is 5.75 Å². The van der Waals surface area contributed by atoms with Gasteiger partial charge in [0.2, 0.25) is 10.0 Å². The summed E-state index contributed by atoms with van der Waals surface area (Å²) in [5.41, 5.74) is 0. The summed E-state index contributed by atoms with van der Waals surface area (Å²) >= 11 is 1.73. The first-order chi connectivity index (χ1) is 10.5. The van der Waals surface area contributed by atoms with E-state index >= 15 is 0 Å². The number of rotatable bonds is 9. The van der Waals surface area contributed by atoms with E-state index in [1.54, 1.807) is 18.4 Å². The number of sulfonamides is 1. The molecule has 0 unspecified atom stereocenters. The summed E-state index contributed by atoms with van der Waals surface area (Å²) in [6, 6.07) is 4.13. The Bertz CT molecular complexity index is 543. The van der Waals surface area contributed by atoms with Crippen LogP contribution >= 0.6 is 35.3 Å². The third-order valence-corrected chi connectivity index (χ3v) is 6.18. The van der Waals surface area contributed by atoms with E-state index in [0.29, 0.717) is 25.6 Å². The first-order valence-electron chi connectivity index (χ1n) is 7.48. The molecule has 6 nitrogen and oxygen atoms in total.